The van der Waals surface area contributed by atoms with E-state index < -0.39 is 0 Å². The number of para-hydroxylation sites is 2. The Morgan fingerprint density at radius 3 is 2.60 bits per heavy atom. The predicted octanol–water partition coefficient (Wildman–Crippen LogP) is 2.57. The quantitative estimate of drug-likeness (QED) is 0.842. The number of hydrogen-bond acceptors (Lipinski definition) is 3. The van der Waals surface area contributed by atoms with Crippen LogP contribution in [0.1, 0.15) is 32.6 Å². The fourth-order valence-electron chi connectivity index (χ4n) is 2.62. The van der Waals surface area contributed by atoms with Crippen LogP contribution >= 0.6 is 0 Å². The molecular weight excluding hydrogens is 248 g/mol. The molecule has 0 amide bonds. The molecule has 0 aliphatic heterocycles. The summed E-state index contributed by atoms with van der Waals surface area (Å²) in [7, 11) is 2.09. The van der Waals surface area contributed by atoms with Crippen molar-refractivity contribution in [2.75, 3.05) is 26.2 Å². The zero-order valence-electron chi connectivity index (χ0n) is 13.1. The minimum Gasteiger partial charge on any atom is -0.330 e. The Labute approximate surface area is 121 Å². The van der Waals surface area contributed by atoms with Crippen LogP contribution in [0.5, 0.6) is 0 Å². The van der Waals surface area contributed by atoms with Gasteiger partial charge in [0.1, 0.15) is 5.82 Å². The van der Waals surface area contributed by atoms with Gasteiger partial charge in [-0.05, 0) is 32.1 Å². The summed E-state index contributed by atoms with van der Waals surface area (Å²) in [6, 6.07) is 8.56. The number of hydrogen-bond donors (Lipinski definition) is 1. The molecule has 2 aromatic rings. The Bertz CT molecular complexity index is 542. The van der Waals surface area contributed by atoms with E-state index in [-0.39, 0.29) is 6.04 Å². The molecular formula is C16H26N4. The third kappa shape index (κ3) is 3.19. The topological polar surface area (TPSA) is 33.1 Å². The zero-order chi connectivity index (χ0) is 14.5. The van der Waals surface area contributed by atoms with Gasteiger partial charge in [0.15, 0.2) is 0 Å². The fourth-order valence-corrected chi connectivity index (χ4v) is 2.62. The average Bonchev–Trinajstić information content (AvgIpc) is 2.81. The summed E-state index contributed by atoms with van der Waals surface area (Å²) in [5.41, 5.74) is 2.27. The molecule has 0 saturated carbocycles. The Balaban J connectivity index is 2.00. The molecule has 4 heteroatoms. The van der Waals surface area contributed by atoms with Gasteiger partial charge in [-0.2, -0.15) is 0 Å². The number of imidazole rings is 1. The van der Waals surface area contributed by atoms with E-state index in [9.17, 15) is 0 Å². The molecule has 0 radical (unpaired) electrons. The molecule has 4 nitrogen and oxygen atoms in total. The SMILES string of the molecule is CCN(CC)CCNC(C)c1nc2ccccc2n1C. The van der Waals surface area contributed by atoms with Gasteiger partial charge in [-0.25, -0.2) is 4.98 Å². The van der Waals surface area contributed by atoms with Crippen LogP contribution in [0.4, 0.5) is 0 Å². The average molecular weight is 274 g/mol. The van der Waals surface area contributed by atoms with Crippen molar-refractivity contribution >= 4 is 11.0 Å². The summed E-state index contributed by atoms with van der Waals surface area (Å²) < 4.78 is 2.18. The Morgan fingerprint density at radius 2 is 1.95 bits per heavy atom. The van der Waals surface area contributed by atoms with Gasteiger partial charge in [-0.15, -0.1) is 0 Å². The molecule has 1 heterocycles. The molecule has 1 aromatic heterocycles. The molecule has 0 aliphatic rings. The van der Waals surface area contributed by atoms with Gasteiger partial charge < -0.3 is 14.8 Å². The van der Waals surface area contributed by atoms with E-state index in [4.69, 9.17) is 4.98 Å². The first kappa shape index (κ1) is 15.0. The molecule has 1 N–H and O–H groups in total. The van der Waals surface area contributed by atoms with E-state index in [0.29, 0.717) is 0 Å². The van der Waals surface area contributed by atoms with Gasteiger partial charge in [0.2, 0.25) is 0 Å². The molecule has 0 spiro atoms. The molecule has 0 saturated heterocycles. The largest absolute Gasteiger partial charge is 0.330 e. The Hall–Kier alpha value is -1.39. The van der Waals surface area contributed by atoms with Gasteiger partial charge in [0, 0.05) is 20.1 Å². The lowest BCUT2D eigenvalue weighted by Gasteiger charge is -2.20. The number of nitrogens with one attached hydrogen (secondary N) is 1. The van der Waals surface area contributed by atoms with Crippen LogP contribution < -0.4 is 5.32 Å². The molecule has 1 atom stereocenters. The van der Waals surface area contributed by atoms with Gasteiger partial charge in [-0.1, -0.05) is 26.0 Å². The molecule has 1 aromatic carbocycles. The van der Waals surface area contributed by atoms with Crippen LogP contribution in [0.25, 0.3) is 11.0 Å². The Morgan fingerprint density at radius 1 is 1.25 bits per heavy atom. The highest BCUT2D eigenvalue weighted by Crippen LogP contribution is 2.18. The van der Waals surface area contributed by atoms with Crippen molar-refractivity contribution in [3.8, 4) is 0 Å². The highest BCUT2D eigenvalue weighted by atomic mass is 15.1. The number of fused-ring (bicyclic) bond motifs is 1. The Kier molecular flexibility index (Phi) is 5.15. The van der Waals surface area contributed by atoms with E-state index in [1.54, 1.807) is 0 Å². The monoisotopic (exact) mass is 274 g/mol. The maximum atomic E-state index is 4.74. The second-order valence-corrected chi connectivity index (χ2v) is 5.22. The maximum absolute atomic E-state index is 4.74. The van der Waals surface area contributed by atoms with Crippen molar-refractivity contribution in [3.63, 3.8) is 0 Å². The van der Waals surface area contributed by atoms with Crippen LogP contribution in [-0.4, -0.2) is 40.6 Å². The number of benzene rings is 1. The fraction of sp³-hybridized carbons (Fsp3) is 0.562. The first-order valence-corrected chi connectivity index (χ1v) is 7.54. The van der Waals surface area contributed by atoms with Gasteiger partial charge >= 0.3 is 0 Å². The molecule has 1 unspecified atom stereocenters. The minimum absolute atomic E-state index is 0.267. The lowest BCUT2D eigenvalue weighted by Crippen LogP contribution is -2.33. The van der Waals surface area contributed by atoms with Crippen LogP contribution in [0.2, 0.25) is 0 Å². The summed E-state index contributed by atoms with van der Waals surface area (Å²) in [4.78, 5) is 7.16. The van der Waals surface area contributed by atoms with Gasteiger partial charge in [-0.3, -0.25) is 0 Å². The van der Waals surface area contributed by atoms with Crippen molar-refractivity contribution in [2.24, 2.45) is 7.05 Å². The zero-order valence-corrected chi connectivity index (χ0v) is 13.1. The van der Waals surface area contributed by atoms with Gasteiger partial charge in [0.25, 0.3) is 0 Å². The number of aryl methyl sites for hydroxylation is 1. The molecule has 110 valence electrons. The number of aromatic nitrogens is 2. The summed E-state index contributed by atoms with van der Waals surface area (Å²) >= 11 is 0. The third-order valence-electron chi connectivity index (χ3n) is 3.98. The highest BCUT2D eigenvalue weighted by Gasteiger charge is 2.13. The summed E-state index contributed by atoms with van der Waals surface area (Å²) in [5.74, 6) is 1.10. The molecule has 0 aliphatic carbocycles. The van der Waals surface area contributed by atoms with Gasteiger partial charge in [0.05, 0.1) is 17.1 Å². The highest BCUT2D eigenvalue weighted by molar-refractivity contribution is 5.75. The normalized spacial score (nSPS) is 13.2. The molecule has 2 rings (SSSR count). The van der Waals surface area contributed by atoms with Crippen LogP contribution in [0.3, 0.4) is 0 Å². The second kappa shape index (κ2) is 6.86. The molecule has 0 fully saturated rings. The second-order valence-electron chi connectivity index (χ2n) is 5.22. The van der Waals surface area contributed by atoms with Crippen molar-refractivity contribution in [1.29, 1.82) is 0 Å². The first-order chi connectivity index (χ1) is 9.67. The van der Waals surface area contributed by atoms with Crippen LogP contribution in [0.15, 0.2) is 24.3 Å². The smallest absolute Gasteiger partial charge is 0.126 e. The number of nitrogens with zero attached hydrogens (tertiary/aromatic N) is 3. The van der Waals surface area contributed by atoms with Crippen molar-refractivity contribution in [3.05, 3.63) is 30.1 Å². The van der Waals surface area contributed by atoms with E-state index in [0.717, 1.165) is 37.5 Å². The van der Waals surface area contributed by atoms with Crippen molar-refractivity contribution in [2.45, 2.75) is 26.8 Å². The van der Waals surface area contributed by atoms with Crippen LogP contribution in [0, 0.1) is 0 Å². The van der Waals surface area contributed by atoms with E-state index >= 15 is 0 Å². The van der Waals surface area contributed by atoms with E-state index in [2.05, 4.69) is 60.8 Å². The number of likely N-dealkylation sites (N-methyl/N-ethyl adjacent to an activating group) is 1. The molecule has 20 heavy (non-hydrogen) atoms. The van der Waals surface area contributed by atoms with Crippen molar-refractivity contribution in [1.82, 2.24) is 19.8 Å². The predicted molar refractivity (Wildman–Crippen MR) is 84.9 cm³/mol. The number of rotatable bonds is 7. The summed E-state index contributed by atoms with van der Waals surface area (Å²) in [6.07, 6.45) is 0. The summed E-state index contributed by atoms with van der Waals surface area (Å²) in [5, 5.41) is 3.57. The van der Waals surface area contributed by atoms with Crippen LogP contribution in [-0.2, 0) is 7.05 Å². The first-order valence-electron chi connectivity index (χ1n) is 7.54. The standard InChI is InChI=1S/C16H26N4/c1-5-20(6-2)12-11-17-13(3)16-18-14-9-7-8-10-15(14)19(16)4/h7-10,13,17H,5-6,11-12H2,1-4H3. The third-order valence-corrected chi connectivity index (χ3v) is 3.98. The summed E-state index contributed by atoms with van der Waals surface area (Å²) in [6.45, 7) is 10.9. The van der Waals surface area contributed by atoms with E-state index in [1.807, 2.05) is 6.07 Å². The van der Waals surface area contributed by atoms with E-state index in [1.165, 1.54) is 5.52 Å². The van der Waals surface area contributed by atoms with Crippen molar-refractivity contribution < 1.29 is 0 Å². The molecule has 0 bridgehead atoms. The minimum atomic E-state index is 0.267. The lowest BCUT2D eigenvalue weighted by molar-refractivity contribution is 0.296. The lowest BCUT2D eigenvalue weighted by atomic mass is 10.3. The maximum Gasteiger partial charge on any atom is 0.126 e.